The fourth-order valence-electron chi connectivity index (χ4n) is 3.15. The van der Waals surface area contributed by atoms with Crippen molar-refractivity contribution >= 4 is 5.91 Å². The number of fused-ring (bicyclic) bond motifs is 1. The first-order valence-corrected chi connectivity index (χ1v) is 8.23. The van der Waals surface area contributed by atoms with Gasteiger partial charge in [0.15, 0.2) is 11.6 Å². The van der Waals surface area contributed by atoms with E-state index < -0.39 is 11.4 Å². The number of halogens is 1. The van der Waals surface area contributed by atoms with Gasteiger partial charge < -0.3 is 14.8 Å². The summed E-state index contributed by atoms with van der Waals surface area (Å²) in [7, 11) is 1.39. The highest BCUT2D eigenvalue weighted by Crippen LogP contribution is 2.40. The molecule has 5 heteroatoms. The third kappa shape index (κ3) is 3.60. The molecule has 3 rings (SSSR count). The zero-order valence-corrected chi connectivity index (χ0v) is 14.9. The topological polar surface area (TPSA) is 47.6 Å². The molecule has 0 radical (unpaired) electrons. The van der Waals surface area contributed by atoms with E-state index in [0.717, 1.165) is 16.9 Å². The summed E-state index contributed by atoms with van der Waals surface area (Å²) >= 11 is 0. The summed E-state index contributed by atoms with van der Waals surface area (Å²) in [5.41, 5.74) is 1.90. The van der Waals surface area contributed by atoms with Crippen LogP contribution in [0.25, 0.3) is 0 Å². The number of benzene rings is 2. The zero-order valence-electron chi connectivity index (χ0n) is 14.9. The first kappa shape index (κ1) is 17.3. The van der Waals surface area contributed by atoms with Gasteiger partial charge in [-0.15, -0.1) is 0 Å². The number of ether oxygens (including phenoxy) is 2. The number of nitrogens with one attached hydrogen (secondary N) is 1. The zero-order chi connectivity index (χ0) is 18.2. The van der Waals surface area contributed by atoms with Gasteiger partial charge in [0.05, 0.1) is 13.2 Å². The standard InChI is InChI=1S/C20H22FNO3/c1-12-5-7-17-14(9-12)16(11-20(2,3)25-17)22-19(23)13-6-8-18(24-4)15(21)10-13/h5-10,16H,11H2,1-4H3,(H,22,23). The van der Waals surface area contributed by atoms with Gasteiger partial charge in [0.25, 0.3) is 5.91 Å². The van der Waals surface area contributed by atoms with Crippen molar-refractivity contribution < 1.29 is 18.7 Å². The lowest BCUT2D eigenvalue weighted by Gasteiger charge is -2.38. The van der Waals surface area contributed by atoms with E-state index in [0.29, 0.717) is 6.42 Å². The van der Waals surface area contributed by atoms with Crippen LogP contribution in [0.2, 0.25) is 0 Å². The summed E-state index contributed by atoms with van der Waals surface area (Å²) in [6, 6.07) is 9.93. The van der Waals surface area contributed by atoms with E-state index in [-0.39, 0.29) is 23.3 Å². The third-order valence-corrected chi connectivity index (χ3v) is 4.34. The Labute approximate surface area is 147 Å². The molecule has 0 spiro atoms. The Morgan fingerprint density at radius 1 is 1.28 bits per heavy atom. The van der Waals surface area contributed by atoms with Gasteiger partial charge in [-0.3, -0.25) is 4.79 Å². The van der Waals surface area contributed by atoms with Crippen LogP contribution < -0.4 is 14.8 Å². The molecule has 0 saturated heterocycles. The quantitative estimate of drug-likeness (QED) is 0.910. The number of carbonyl (C=O) groups is 1. The van der Waals surface area contributed by atoms with Gasteiger partial charge in [0.2, 0.25) is 0 Å². The Hall–Kier alpha value is -2.56. The van der Waals surface area contributed by atoms with E-state index in [2.05, 4.69) is 5.32 Å². The van der Waals surface area contributed by atoms with Crippen molar-refractivity contribution in [3.8, 4) is 11.5 Å². The van der Waals surface area contributed by atoms with Crippen molar-refractivity contribution in [2.45, 2.75) is 38.8 Å². The summed E-state index contributed by atoms with van der Waals surface area (Å²) in [4.78, 5) is 12.6. The van der Waals surface area contributed by atoms with Crippen molar-refractivity contribution in [2.24, 2.45) is 0 Å². The molecule has 1 N–H and O–H groups in total. The first-order valence-electron chi connectivity index (χ1n) is 8.23. The molecule has 0 saturated carbocycles. The Bertz CT molecular complexity index is 817. The molecule has 0 bridgehead atoms. The maximum absolute atomic E-state index is 13.9. The van der Waals surface area contributed by atoms with Crippen LogP contribution in [0.5, 0.6) is 11.5 Å². The fourth-order valence-corrected chi connectivity index (χ4v) is 3.15. The molecule has 2 aromatic rings. The van der Waals surface area contributed by atoms with E-state index in [4.69, 9.17) is 9.47 Å². The van der Waals surface area contributed by atoms with Gasteiger partial charge in [0, 0.05) is 17.5 Å². The highest BCUT2D eigenvalue weighted by molar-refractivity contribution is 5.94. The second kappa shape index (κ2) is 6.39. The second-order valence-corrected chi connectivity index (χ2v) is 6.98. The minimum Gasteiger partial charge on any atom is -0.494 e. The summed E-state index contributed by atoms with van der Waals surface area (Å²) in [6.45, 7) is 5.97. The van der Waals surface area contributed by atoms with E-state index >= 15 is 0 Å². The minimum absolute atomic E-state index is 0.115. The predicted molar refractivity (Wildman–Crippen MR) is 93.7 cm³/mol. The normalized spacial score (nSPS) is 18.0. The summed E-state index contributed by atoms with van der Waals surface area (Å²) in [5, 5.41) is 3.01. The molecule has 1 amide bonds. The molecule has 2 aromatic carbocycles. The van der Waals surface area contributed by atoms with Gasteiger partial charge in [-0.05, 0) is 45.0 Å². The van der Waals surface area contributed by atoms with Gasteiger partial charge in [0.1, 0.15) is 11.4 Å². The molecule has 1 atom stereocenters. The van der Waals surface area contributed by atoms with Crippen molar-refractivity contribution in [2.75, 3.05) is 7.11 Å². The number of aryl methyl sites for hydroxylation is 1. The van der Waals surface area contributed by atoms with Gasteiger partial charge in [-0.1, -0.05) is 17.7 Å². The van der Waals surface area contributed by atoms with Crippen LogP contribution >= 0.6 is 0 Å². The Balaban J connectivity index is 1.88. The van der Waals surface area contributed by atoms with E-state index in [1.165, 1.54) is 19.2 Å². The van der Waals surface area contributed by atoms with Gasteiger partial charge >= 0.3 is 0 Å². The average Bonchev–Trinajstić information content (AvgIpc) is 2.54. The van der Waals surface area contributed by atoms with Crippen molar-refractivity contribution in [1.82, 2.24) is 5.32 Å². The maximum atomic E-state index is 13.9. The molecule has 0 fully saturated rings. The van der Waals surface area contributed by atoms with Gasteiger partial charge in [-0.25, -0.2) is 4.39 Å². The number of amides is 1. The molecule has 1 unspecified atom stereocenters. The third-order valence-electron chi connectivity index (χ3n) is 4.34. The van der Waals surface area contributed by atoms with Crippen molar-refractivity contribution in [1.29, 1.82) is 0 Å². The van der Waals surface area contributed by atoms with Gasteiger partial charge in [-0.2, -0.15) is 0 Å². The first-order chi connectivity index (χ1) is 11.8. The largest absolute Gasteiger partial charge is 0.494 e. The molecular weight excluding hydrogens is 321 g/mol. The molecule has 132 valence electrons. The fraction of sp³-hybridized carbons (Fsp3) is 0.350. The molecule has 1 aliphatic rings. The number of hydrogen-bond acceptors (Lipinski definition) is 3. The number of rotatable bonds is 3. The lowest BCUT2D eigenvalue weighted by molar-refractivity contribution is 0.0619. The summed E-state index contributed by atoms with van der Waals surface area (Å²) in [6.07, 6.45) is 0.633. The molecule has 1 heterocycles. The van der Waals surface area contributed by atoms with Crippen LogP contribution in [-0.4, -0.2) is 18.6 Å². The Morgan fingerprint density at radius 3 is 2.72 bits per heavy atom. The Kier molecular flexibility index (Phi) is 4.41. The summed E-state index contributed by atoms with van der Waals surface area (Å²) in [5.74, 6) is 0.00759. The highest BCUT2D eigenvalue weighted by Gasteiger charge is 2.34. The molecule has 0 aliphatic carbocycles. The molecule has 25 heavy (non-hydrogen) atoms. The average molecular weight is 343 g/mol. The molecule has 4 nitrogen and oxygen atoms in total. The van der Waals surface area contributed by atoms with Crippen LogP contribution in [0.3, 0.4) is 0 Å². The Morgan fingerprint density at radius 2 is 2.04 bits per heavy atom. The highest BCUT2D eigenvalue weighted by atomic mass is 19.1. The van der Waals surface area contributed by atoms with Crippen molar-refractivity contribution in [3.05, 3.63) is 58.9 Å². The maximum Gasteiger partial charge on any atom is 0.251 e. The van der Waals surface area contributed by atoms with E-state index in [9.17, 15) is 9.18 Å². The number of carbonyl (C=O) groups excluding carboxylic acids is 1. The summed E-state index contributed by atoms with van der Waals surface area (Å²) < 4.78 is 24.8. The van der Waals surface area contributed by atoms with Crippen LogP contribution in [0.15, 0.2) is 36.4 Å². The van der Waals surface area contributed by atoms with Crippen LogP contribution in [0, 0.1) is 12.7 Å². The monoisotopic (exact) mass is 343 g/mol. The molecule has 1 aliphatic heterocycles. The lowest BCUT2D eigenvalue weighted by Crippen LogP contribution is -2.41. The molecule has 0 aromatic heterocycles. The van der Waals surface area contributed by atoms with E-state index in [1.807, 2.05) is 39.0 Å². The van der Waals surface area contributed by atoms with E-state index in [1.54, 1.807) is 6.07 Å². The predicted octanol–water partition coefficient (Wildman–Crippen LogP) is 4.17. The number of methoxy groups -OCH3 is 1. The van der Waals surface area contributed by atoms with Crippen molar-refractivity contribution in [3.63, 3.8) is 0 Å². The SMILES string of the molecule is COc1ccc(C(=O)NC2CC(C)(C)Oc3ccc(C)cc32)cc1F. The van der Waals surface area contributed by atoms with Crippen LogP contribution in [-0.2, 0) is 0 Å². The minimum atomic E-state index is -0.557. The number of hydrogen-bond donors (Lipinski definition) is 1. The van der Waals surface area contributed by atoms with Crippen LogP contribution in [0.4, 0.5) is 4.39 Å². The smallest absolute Gasteiger partial charge is 0.251 e. The second-order valence-electron chi connectivity index (χ2n) is 6.98. The van der Waals surface area contributed by atoms with Crippen LogP contribution in [0.1, 0.15) is 47.8 Å². The molecular formula is C20H22FNO3. The lowest BCUT2D eigenvalue weighted by atomic mass is 9.88.